The van der Waals surface area contributed by atoms with Crippen LogP contribution in [0.3, 0.4) is 0 Å². The van der Waals surface area contributed by atoms with Crippen molar-refractivity contribution in [3.63, 3.8) is 0 Å². The molecule has 1 aromatic carbocycles. The number of hydrogen-bond donors (Lipinski definition) is 1. The van der Waals surface area contributed by atoms with Crippen LogP contribution in [0.2, 0.25) is 0 Å². The maximum atomic E-state index is 11.7. The zero-order chi connectivity index (χ0) is 12.9. The van der Waals surface area contributed by atoms with Gasteiger partial charge in [0, 0.05) is 6.08 Å². The maximum Gasteiger partial charge on any atom is 0.245 e. The van der Waals surface area contributed by atoms with Crippen LogP contribution in [0.15, 0.2) is 36.4 Å². The Morgan fingerprint density at radius 3 is 2.47 bits per heavy atom. The second-order valence-electron chi connectivity index (χ2n) is 4.42. The summed E-state index contributed by atoms with van der Waals surface area (Å²) >= 11 is 0. The third-order valence-corrected chi connectivity index (χ3v) is 2.29. The number of rotatable bonds is 3. The first-order valence-electron chi connectivity index (χ1n) is 5.42. The molecule has 1 rings (SSSR count). The summed E-state index contributed by atoms with van der Waals surface area (Å²) in [7, 11) is 0. The van der Waals surface area contributed by atoms with Gasteiger partial charge in [-0.25, -0.2) is 0 Å². The van der Waals surface area contributed by atoms with Gasteiger partial charge in [-0.3, -0.25) is 4.79 Å². The van der Waals surface area contributed by atoms with E-state index < -0.39 is 5.54 Å². The Labute approximate surface area is 102 Å². The Kier molecular flexibility index (Phi) is 4.06. The van der Waals surface area contributed by atoms with E-state index >= 15 is 0 Å². The molecule has 0 saturated carbocycles. The van der Waals surface area contributed by atoms with E-state index in [1.54, 1.807) is 13.8 Å². The van der Waals surface area contributed by atoms with Gasteiger partial charge in [-0.2, -0.15) is 5.26 Å². The summed E-state index contributed by atoms with van der Waals surface area (Å²) in [5, 5.41) is 11.4. The molecule has 1 amide bonds. The van der Waals surface area contributed by atoms with Crippen molar-refractivity contribution < 1.29 is 4.79 Å². The minimum atomic E-state index is -0.843. The van der Waals surface area contributed by atoms with Gasteiger partial charge in [0.2, 0.25) is 5.91 Å². The molecule has 0 aliphatic rings. The lowest BCUT2D eigenvalue weighted by Crippen LogP contribution is -2.41. The lowest BCUT2D eigenvalue weighted by molar-refractivity contribution is -0.117. The van der Waals surface area contributed by atoms with Crippen LogP contribution in [0.25, 0.3) is 5.57 Å². The first-order chi connectivity index (χ1) is 7.94. The Balaban J connectivity index is 2.78. The predicted octanol–water partition coefficient (Wildman–Crippen LogP) is 2.51. The van der Waals surface area contributed by atoms with E-state index in [1.807, 2.05) is 43.3 Å². The monoisotopic (exact) mass is 228 g/mol. The largest absolute Gasteiger partial charge is 0.335 e. The highest BCUT2D eigenvalue weighted by atomic mass is 16.1. The van der Waals surface area contributed by atoms with Crippen LogP contribution < -0.4 is 5.32 Å². The number of benzene rings is 1. The smallest absolute Gasteiger partial charge is 0.245 e. The van der Waals surface area contributed by atoms with Crippen LogP contribution in [0.1, 0.15) is 26.3 Å². The number of carbonyl (C=O) groups excluding carboxylic acids is 1. The number of nitrogens with one attached hydrogen (secondary N) is 1. The van der Waals surface area contributed by atoms with Gasteiger partial charge in [0.1, 0.15) is 5.54 Å². The van der Waals surface area contributed by atoms with Gasteiger partial charge in [-0.05, 0) is 31.9 Å². The fourth-order valence-corrected chi connectivity index (χ4v) is 1.35. The molecule has 0 aromatic heterocycles. The highest BCUT2D eigenvalue weighted by molar-refractivity contribution is 5.95. The van der Waals surface area contributed by atoms with Crippen LogP contribution in [0.4, 0.5) is 0 Å². The van der Waals surface area contributed by atoms with Gasteiger partial charge in [-0.15, -0.1) is 0 Å². The highest BCUT2D eigenvalue weighted by Crippen LogP contribution is 2.12. The molecule has 0 aliphatic heterocycles. The van der Waals surface area contributed by atoms with E-state index in [0.717, 1.165) is 11.1 Å². The minimum absolute atomic E-state index is 0.252. The lowest BCUT2D eigenvalue weighted by Gasteiger charge is -2.16. The fraction of sp³-hybridized carbons (Fsp3) is 0.286. The number of allylic oxidation sites excluding steroid dienone is 1. The van der Waals surface area contributed by atoms with Crippen LogP contribution in [-0.4, -0.2) is 11.4 Å². The van der Waals surface area contributed by atoms with Crippen molar-refractivity contribution in [2.24, 2.45) is 0 Å². The molecule has 0 heterocycles. The predicted molar refractivity (Wildman–Crippen MR) is 67.9 cm³/mol. The van der Waals surface area contributed by atoms with Crippen molar-refractivity contribution >= 4 is 11.5 Å². The normalized spacial score (nSPS) is 11.8. The number of hydrogen-bond acceptors (Lipinski definition) is 2. The first kappa shape index (κ1) is 13.0. The Hall–Kier alpha value is -2.08. The molecular formula is C14H16N2O. The van der Waals surface area contributed by atoms with Crippen molar-refractivity contribution in [2.45, 2.75) is 26.3 Å². The molecule has 17 heavy (non-hydrogen) atoms. The molecule has 3 heteroatoms. The van der Waals surface area contributed by atoms with Crippen molar-refractivity contribution in [1.29, 1.82) is 5.26 Å². The summed E-state index contributed by atoms with van der Waals surface area (Å²) in [6.45, 7) is 5.20. The van der Waals surface area contributed by atoms with E-state index in [1.165, 1.54) is 6.08 Å². The second-order valence-corrected chi connectivity index (χ2v) is 4.42. The van der Waals surface area contributed by atoms with Gasteiger partial charge >= 0.3 is 0 Å². The Bertz CT molecular complexity index is 467. The lowest BCUT2D eigenvalue weighted by atomic mass is 10.1. The molecule has 1 N–H and O–H groups in total. The maximum absolute atomic E-state index is 11.7. The topological polar surface area (TPSA) is 52.9 Å². The van der Waals surface area contributed by atoms with Crippen LogP contribution >= 0.6 is 0 Å². The zero-order valence-electron chi connectivity index (χ0n) is 10.3. The van der Waals surface area contributed by atoms with Crippen molar-refractivity contribution in [1.82, 2.24) is 5.32 Å². The van der Waals surface area contributed by atoms with E-state index in [0.29, 0.717) is 0 Å². The molecule has 1 aromatic rings. The third kappa shape index (κ3) is 4.12. The van der Waals surface area contributed by atoms with Crippen LogP contribution in [-0.2, 0) is 4.79 Å². The van der Waals surface area contributed by atoms with Crippen molar-refractivity contribution in [2.75, 3.05) is 0 Å². The molecule has 0 aliphatic carbocycles. The summed E-state index contributed by atoms with van der Waals surface area (Å²) in [5.41, 5.74) is 1.03. The SMILES string of the molecule is C/C(=C\C(=O)NC(C)(C)C#N)c1ccccc1. The molecule has 3 nitrogen and oxygen atoms in total. The molecule has 88 valence electrons. The second kappa shape index (κ2) is 5.31. The molecule has 0 atom stereocenters. The molecule has 0 bridgehead atoms. The molecule has 0 saturated heterocycles. The molecule has 0 unspecified atom stereocenters. The van der Waals surface area contributed by atoms with E-state index in [2.05, 4.69) is 5.32 Å². The zero-order valence-corrected chi connectivity index (χ0v) is 10.3. The van der Waals surface area contributed by atoms with Crippen molar-refractivity contribution in [3.05, 3.63) is 42.0 Å². The van der Waals surface area contributed by atoms with E-state index in [9.17, 15) is 4.79 Å². The molecule has 0 fully saturated rings. The Morgan fingerprint density at radius 1 is 1.35 bits per heavy atom. The summed E-state index contributed by atoms with van der Waals surface area (Å²) in [4.78, 5) is 11.7. The summed E-state index contributed by atoms with van der Waals surface area (Å²) in [6.07, 6.45) is 1.51. The quantitative estimate of drug-likeness (QED) is 0.808. The number of carbonyl (C=O) groups is 1. The summed E-state index contributed by atoms with van der Waals surface area (Å²) in [6, 6.07) is 11.7. The van der Waals surface area contributed by atoms with Gasteiger partial charge in [0.05, 0.1) is 6.07 Å². The standard InChI is InChI=1S/C14H16N2O/c1-11(12-7-5-4-6-8-12)9-13(17)16-14(2,3)10-15/h4-9H,1-3H3,(H,16,17)/b11-9+. The summed E-state index contributed by atoms with van der Waals surface area (Å²) < 4.78 is 0. The van der Waals surface area contributed by atoms with Crippen LogP contribution in [0.5, 0.6) is 0 Å². The van der Waals surface area contributed by atoms with Gasteiger partial charge in [0.15, 0.2) is 0 Å². The third-order valence-electron chi connectivity index (χ3n) is 2.29. The Morgan fingerprint density at radius 2 is 1.94 bits per heavy atom. The average molecular weight is 228 g/mol. The highest BCUT2D eigenvalue weighted by Gasteiger charge is 2.17. The number of nitrogens with zero attached hydrogens (tertiary/aromatic N) is 1. The fourth-order valence-electron chi connectivity index (χ4n) is 1.35. The van der Waals surface area contributed by atoms with E-state index in [4.69, 9.17) is 5.26 Å². The minimum Gasteiger partial charge on any atom is -0.335 e. The van der Waals surface area contributed by atoms with Gasteiger partial charge < -0.3 is 5.32 Å². The van der Waals surface area contributed by atoms with Crippen LogP contribution in [0, 0.1) is 11.3 Å². The average Bonchev–Trinajstić information content (AvgIpc) is 2.29. The number of nitriles is 1. The number of amides is 1. The first-order valence-corrected chi connectivity index (χ1v) is 5.42. The van der Waals surface area contributed by atoms with Gasteiger partial charge in [0.25, 0.3) is 0 Å². The van der Waals surface area contributed by atoms with E-state index in [-0.39, 0.29) is 5.91 Å². The molecule has 0 spiro atoms. The summed E-state index contributed by atoms with van der Waals surface area (Å²) in [5.74, 6) is -0.252. The van der Waals surface area contributed by atoms with Crippen molar-refractivity contribution in [3.8, 4) is 6.07 Å². The molecular weight excluding hydrogens is 212 g/mol. The molecule has 0 radical (unpaired) electrons. The van der Waals surface area contributed by atoms with Gasteiger partial charge in [-0.1, -0.05) is 30.3 Å².